The fourth-order valence-electron chi connectivity index (χ4n) is 2.31. The van der Waals surface area contributed by atoms with Crippen molar-refractivity contribution in [3.8, 4) is 17.3 Å². The minimum Gasteiger partial charge on any atom is -0.477 e. The Morgan fingerprint density at radius 1 is 1.21 bits per heavy atom. The zero-order valence-electron chi connectivity index (χ0n) is 10.8. The van der Waals surface area contributed by atoms with Crippen LogP contribution in [0, 0.1) is 5.92 Å². The number of hydrogen-bond donors (Lipinski definition) is 1. The molecular weight excluding hydrogens is 240 g/mol. The molecule has 4 heteroatoms. The smallest absolute Gasteiger partial charge is 0.213 e. The van der Waals surface area contributed by atoms with E-state index in [0.717, 1.165) is 31.2 Å². The van der Waals surface area contributed by atoms with Gasteiger partial charge in [-0.05, 0) is 50.0 Å². The van der Waals surface area contributed by atoms with Crippen molar-refractivity contribution in [1.29, 1.82) is 0 Å². The lowest BCUT2D eigenvalue weighted by Gasteiger charge is -2.22. The molecule has 0 radical (unpaired) electrons. The highest BCUT2D eigenvalue weighted by atomic mass is 16.5. The first-order valence-corrected chi connectivity index (χ1v) is 6.76. The third-order valence-electron chi connectivity index (χ3n) is 3.42. The summed E-state index contributed by atoms with van der Waals surface area (Å²) in [5, 5.41) is 3.36. The molecule has 19 heavy (non-hydrogen) atoms. The molecule has 1 aliphatic rings. The van der Waals surface area contributed by atoms with E-state index in [9.17, 15) is 0 Å². The Bertz CT molecular complexity index is 505. The van der Waals surface area contributed by atoms with Crippen molar-refractivity contribution < 1.29 is 9.15 Å². The summed E-state index contributed by atoms with van der Waals surface area (Å²) in [6.07, 6.45) is 4.01. The van der Waals surface area contributed by atoms with Crippen LogP contribution in [0.15, 0.2) is 41.0 Å². The third kappa shape index (κ3) is 3.15. The molecule has 3 heterocycles. The average molecular weight is 258 g/mol. The van der Waals surface area contributed by atoms with Gasteiger partial charge in [0.1, 0.15) is 5.69 Å². The number of ether oxygens (including phenoxy) is 1. The molecule has 0 aliphatic carbocycles. The summed E-state index contributed by atoms with van der Waals surface area (Å²) in [7, 11) is 0. The summed E-state index contributed by atoms with van der Waals surface area (Å²) in [4.78, 5) is 4.47. The molecule has 0 aromatic carbocycles. The molecule has 0 atom stereocenters. The van der Waals surface area contributed by atoms with Crippen LogP contribution in [-0.4, -0.2) is 24.7 Å². The van der Waals surface area contributed by atoms with Gasteiger partial charge in [0.25, 0.3) is 0 Å². The van der Waals surface area contributed by atoms with Crippen molar-refractivity contribution in [2.24, 2.45) is 5.92 Å². The highest BCUT2D eigenvalue weighted by Crippen LogP contribution is 2.21. The molecule has 1 N–H and O–H groups in total. The van der Waals surface area contributed by atoms with Crippen molar-refractivity contribution in [3.05, 3.63) is 36.6 Å². The van der Waals surface area contributed by atoms with Crippen LogP contribution < -0.4 is 10.1 Å². The average Bonchev–Trinajstić information content (AvgIpc) is 3.01. The molecule has 1 aliphatic heterocycles. The summed E-state index contributed by atoms with van der Waals surface area (Å²) in [5.41, 5.74) is 0.813. The molecule has 100 valence electrons. The largest absolute Gasteiger partial charge is 0.477 e. The van der Waals surface area contributed by atoms with Crippen molar-refractivity contribution >= 4 is 0 Å². The Labute approximate surface area is 112 Å². The van der Waals surface area contributed by atoms with Crippen LogP contribution in [0.5, 0.6) is 5.88 Å². The number of nitrogens with one attached hydrogen (secondary N) is 1. The fraction of sp³-hybridized carbons (Fsp3) is 0.400. The monoisotopic (exact) mass is 258 g/mol. The lowest BCUT2D eigenvalue weighted by atomic mass is 9.99. The fourth-order valence-corrected chi connectivity index (χ4v) is 2.31. The molecule has 3 rings (SSSR count). The van der Waals surface area contributed by atoms with Gasteiger partial charge in [-0.2, -0.15) is 0 Å². The number of furan rings is 1. The zero-order chi connectivity index (χ0) is 12.9. The van der Waals surface area contributed by atoms with Crippen LogP contribution in [0.4, 0.5) is 0 Å². The van der Waals surface area contributed by atoms with E-state index in [0.29, 0.717) is 11.8 Å². The molecule has 0 unspecified atom stereocenters. The highest BCUT2D eigenvalue weighted by molar-refractivity contribution is 5.52. The van der Waals surface area contributed by atoms with Gasteiger partial charge in [-0.25, -0.2) is 4.98 Å². The van der Waals surface area contributed by atoms with Crippen LogP contribution in [0.3, 0.4) is 0 Å². The molecule has 4 nitrogen and oxygen atoms in total. The van der Waals surface area contributed by atoms with E-state index in [4.69, 9.17) is 9.15 Å². The third-order valence-corrected chi connectivity index (χ3v) is 3.42. The van der Waals surface area contributed by atoms with Crippen molar-refractivity contribution in [2.45, 2.75) is 12.8 Å². The van der Waals surface area contributed by atoms with Crippen LogP contribution >= 0.6 is 0 Å². The maximum atomic E-state index is 5.80. The van der Waals surface area contributed by atoms with Crippen LogP contribution in [0.1, 0.15) is 12.8 Å². The normalized spacial score (nSPS) is 16.4. The predicted octanol–water partition coefficient (Wildman–Crippen LogP) is 2.72. The van der Waals surface area contributed by atoms with Gasteiger partial charge in [-0.3, -0.25) is 0 Å². The molecule has 1 fully saturated rings. The van der Waals surface area contributed by atoms with E-state index in [1.54, 1.807) is 6.26 Å². The maximum absolute atomic E-state index is 5.80. The van der Waals surface area contributed by atoms with Gasteiger partial charge in [0, 0.05) is 6.07 Å². The molecule has 2 aromatic heterocycles. The Hall–Kier alpha value is -1.81. The zero-order valence-corrected chi connectivity index (χ0v) is 10.8. The first-order chi connectivity index (χ1) is 9.42. The van der Waals surface area contributed by atoms with Gasteiger partial charge < -0.3 is 14.5 Å². The van der Waals surface area contributed by atoms with Gasteiger partial charge in [0.05, 0.1) is 12.9 Å². The second-order valence-electron chi connectivity index (χ2n) is 4.84. The van der Waals surface area contributed by atoms with Crippen molar-refractivity contribution in [2.75, 3.05) is 19.7 Å². The van der Waals surface area contributed by atoms with Crippen LogP contribution in [0.25, 0.3) is 11.5 Å². The van der Waals surface area contributed by atoms with E-state index in [-0.39, 0.29) is 0 Å². The molecule has 0 amide bonds. The van der Waals surface area contributed by atoms with Crippen molar-refractivity contribution in [3.63, 3.8) is 0 Å². The van der Waals surface area contributed by atoms with E-state index in [1.807, 2.05) is 30.3 Å². The highest BCUT2D eigenvalue weighted by Gasteiger charge is 2.14. The standard InChI is InChI=1S/C15H18N2O2/c1-3-13(14-4-2-10-18-14)17-15(5-1)19-11-12-6-8-16-9-7-12/h1-5,10,12,16H,6-9,11H2. The summed E-state index contributed by atoms with van der Waals surface area (Å²) >= 11 is 0. The Kier molecular flexibility index (Phi) is 3.79. The van der Waals surface area contributed by atoms with Gasteiger partial charge in [-0.1, -0.05) is 6.07 Å². The SMILES string of the molecule is c1cc(OCC2CCNCC2)nc(-c2ccco2)c1. The predicted molar refractivity (Wildman–Crippen MR) is 73.0 cm³/mol. The number of rotatable bonds is 4. The lowest BCUT2D eigenvalue weighted by molar-refractivity contribution is 0.209. The Morgan fingerprint density at radius 2 is 2.11 bits per heavy atom. The second kappa shape index (κ2) is 5.89. The molecule has 0 saturated carbocycles. The summed E-state index contributed by atoms with van der Waals surface area (Å²) in [6, 6.07) is 9.53. The molecular formula is C15H18N2O2. The Balaban J connectivity index is 1.63. The second-order valence-corrected chi connectivity index (χ2v) is 4.84. The number of piperidine rings is 1. The van der Waals surface area contributed by atoms with Gasteiger partial charge >= 0.3 is 0 Å². The first kappa shape index (κ1) is 12.2. The van der Waals surface area contributed by atoms with E-state index >= 15 is 0 Å². The summed E-state index contributed by atoms with van der Waals surface area (Å²) < 4.78 is 11.1. The lowest BCUT2D eigenvalue weighted by Crippen LogP contribution is -2.30. The molecule has 0 spiro atoms. The number of pyridine rings is 1. The summed E-state index contributed by atoms with van der Waals surface area (Å²) in [5.74, 6) is 2.08. The molecule has 0 bridgehead atoms. The molecule has 1 saturated heterocycles. The van der Waals surface area contributed by atoms with Gasteiger partial charge in [0.2, 0.25) is 5.88 Å². The van der Waals surface area contributed by atoms with Crippen molar-refractivity contribution in [1.82, 2.24) is 10.3 Å². The topological polar surface area (TPSA) is 47.3 Å². The number of aromatic nitrogens is 1. The number of nitrogens with zero attached hydrogens (tertiary/aromatic N) is 1. The minimum absolute atomic E-state index is 0.635. The maximum Gasteiger partial charge on any atom is 0.213 e. The minimum atomic E-state index is 0.635. The van der Waals surface area contributed by atoms with E-state index in [2.05, 4.69) is 10.3 Å². The Morgan fingerprint density at radius 3 is 2.89 bits per heavy atom. The van der Waals surface area contributed by atoms with Gasteiger partial charge in [-0.15, -0.1) is 0 Å². The summed E-state index contributed by atoms with van der Waals surface area (Å²) in [6.45, 7) is 2.93. The van der Waals surface area contributed by atoms with E-state index < -0.39 is 0 Å². The quantitative estimate of drug-likeness (QED) is 0.916. The van der Waals surface area contributed by atoms with E-state index in [1.165, 1.54) is 12.8 Å². The molecule has 2 aromatic rings. The van der Waals surface area contributed by atoms with Gasteiger partial charge in [0.15, 0.2) is 5.76 Å². The van der Waals surface area contributed by atoms with Crippen LogP contribution in [0.2, 0.25) is 0 Å². The number of hydrogen-bond acceptors (Lipinski definition) is 4. The first-order valence-electron chi connectivity index (χ1n) is 6.76. The van der Waals surface area contributed by atoms with Crippen LogP contribution in [-0.2, 0) is 0 Å².